The molecule has 2 aliphatic heterocycles. The van der Waals surface area contributed by atoms with Crippen LogP contribution in [0.4, 0.5) is 17.2 Å². The van der Waals surface area contributed by atoms with Crippen molar-refractivity contribution in [3.63, 3.8) is 0 Å². The van der Waals surface area contributed by atoms with E-state index in [9.17, 15) is 19.5 Å². The van der Waals surface area contributed by atoms with Crippen molar-refractivity contribution < 1.29 is 19.5 Å². The van der Waals surface area contributed by atoms with Crippen molar-refractivity contribution in [3.05, 3.63) is 82.1 Å². The van der Waals surface area contributed by atoms with Gasteiger partial charge in [-0.15, -0.1) is 21.5 Å². The second-order valence-corrected chi connectivity index (χ2v) is 16.0. The number of nitrogens with zero attached hydrogens (tertiary/aromatic N) is 6. The van der Waals surface area contributed by atoms with Gasteiger partial charge in [0.05, 0.1) is 33.9 Å². The summed E-state index contributed by atoms with van der Waals surface area (Å²) in [5.74, 6) is -0.867. The first-order valence-electron chi connectivity index (χ1n) is 17.7. The number of benzene rings is 2. The zero-order valence-corrected chi connectivity index (χ0v) is 32.1. The van der Waals surface area contributed by atoms with Gasteiger partial charge in [0.2, 0.25) is 11.8 Å². The summed E-state index contributed by atoms with van der Waals surface area (Å²) < 4.78 is 0. The Morgan fingerprint density at radius 3 is 2.36 bits per heavy atom. The number of piperazine rings is 1. The highest BCUT2D eigenvalue weighted by Gasteiger charge is 2.45. The van der Waals surface area contributed by atoms with Crippen LogP contribution in [-0.4, -0.2) is 93.8 Å². The van der Waals surface area contributed by atoms with E-state index in [0.717, 1.165) is 33.1 Å². The number of likely N-dealkylation sites (tertiary alicyclic amines) is 1. The van der Waals surface area contributed by atoms with E-state index in [-0.39, 0.29) is 30.1 Å². The van der Waals surface area contributed by atoms with Crippen LogP contribution >= 0.6 is 22.9 Å². The summed E-state index contributed by atoms with van der Waals surface area (Å²) >= 11 is 7.64. The first kappa shape index (κ1) is 38.0. The molecule has 6 rings (SSSR count). The number of anilines is 3. The van der Waals surface area contributed by atoms with Gasteiger partial charge >= 0.3 is 0 Å². The lowest BCUT2D eigenvalue weighted by Gasteiger charge is -2.37. The molecule has 0 spiro atoms. The molecule has 2 aromatic carbocycles. The summed E-state index contributed by atoms with van der Waals surface area (Å²) in [6, 6.07) is 14.8. The molecule has 2 aliphatic rings. The Kier molecular flexibility index (Phi) is 11.2. The van der Waals surface area contributed by atoms with E-state index in [2.05, 4.69) is 35.6 Å². The summed E-state index contributed by atoms with van der Waals surface area (Å²) in [4.78, 5) is 52.8. The molecule has 4 aromatic rings. The number of hydrogen-bond acceptors (Lipinski definition) is 11. The number of rotatable bonds is 9. The highest BCUT2D eigenvalue weighted by Crippen LogP contribution is 2.31. The van der Waals surface area contributed by atoms with Gasteiger partial charge in [-0.05, 0) is 48.6 Å². The zero-order valence-electron chi connectivity index (χ0n) is 30.5. The number of thiazole rings is 1. The average Bonchev–Trinajstić information content (AvgIpc) is 3.76. The molecule has 0 radical (unpaired) electrons. The van der Waals surface area contributed by atoms with Gasteiger partial charge in [0, 0.05) is 56.5 Å². The van der Waals surface area contributed by atoms with Crippen molar-refractivity contribution in [3.8, 4) is 10.4 Å². The number of aliphatic hydroxyl groups is 1. The minimum atomic E-state index is -0.964. The van der Waals surface area contributed by atoms with Crippen LogP contribution in [0, 0.1) is 12.3 Å². The molecule has 2 aromatic heterocycles. The number of amides is 3. The number of aromatic nitrogens is 3. The van der Waals surface area contributed by atoms with E-state index in [1.165, 1.54) is 4.90 Å². The van der Waals surface area contributed by atoms with E-state index in [0.29, 0.717) is 37.6 Å². The fourth-order valence-corrected chi connectivity index (χ4v) is 7.85. The summed E-state index contributed by atoms with van der Waals surface area (Å²) in [6.07, 6.45) is -0.769. The number of aliphatic hydroxyl groups excluding tert-OH is 1. The van der Waals surface area contributed by atoms with Gasteiger partial charge in [-0.3, -0.25) is 14.4 Å². The molecule has 3 amide bonds. The minimum absolute atomic E-state index is 0.00841. The van der Waals surface area contributed by atoms with E-state index >= 15 is 0 Å². The van der Waals surface area contributed by atoms with Gasteiger partial charge in [-0.1, -0.05) is 62.7 Å². The third kappa shape index (κ3) is 8.55. The van der Waals surface area contributed by atoms with Crippen LogP contribution in [-0.2, 0) is 9.59 Å². The van der Waals surface area contributed by atoms with Gasteiger partial charge in [0.25, 0.3) is 5.91 Å². The second kappa shape index (κ2) is 15.7. The molecule has 280 valence electrons. The molecule has 4 atom stereocenters. The fourth-order valence-electron chi connectivity index (χ4n) is 6.90. The monoisotopic (exact) mass is 759 g/mol. The predicted octanol–water partition coefficient (Wildman–Crippen LogP) is 4.45. The lowest BCUT2D eigenvalue weighted by atomic mass is 9.85. The van der Waals surface area contributed by atoms with Crippen LogP contribution in [0.1, 0.15) is 61.8 Å². The van der Waals surface area contributed by atoms with Crippen LogP contribution in [0.3, 0.4) is 0 Å². The normalized spacial score (nSPS) is 18.8. The summed E-state index contributed by atoms with van der Waals surface area (Å²) in [5, 5.41) is 24.7. The molecule has 13 nitrogen and oxygen atoms in total. The zero-order chi connectivity index (χ0) is 38.0. The van der Waals surface area contributed by atoms with Crippen LogP contribution in [0.15, 0.2) is 60.1 Å². The lowest BCUT2D eigenvalue weighted by Crippen LogP contribution is -2.57. The Bertz CT molecular complexity index is 1960. The van der Waals surface area contributed by atoms with E-state index in [1.54, 1.807) is 23.5 Å². The maximum atomic E-state index is 14.2. The van der Waals surface area contributed by atoms with Crippen molar-refractivity contribution in [2.45, 2.75) is 65.3 Å². The quantitative estimate of drug-likeness (QED) is 0.191. The molecular weight excluding hydrogens is 714 g/mol. The fraction of sp³-hybridized carbons (Fsp3) is 0.421. The number of nitrogens with one attached hydrogen (secondary N) is 2. The molecule has 0 saturated carbocycles. The number of carbonyl (C=O) groups excluding carboxylic acids is 3. The Hall–Kier alpha value is -4.79. The van der Waals surface area contributed by atoms with Gasteiger partial charge in [0.1, 0.15) is 12.1 Å². The molecular formula is C38H46ClN9O4S. The van der Waals surface area contributed by atoms with Crippen molar-refractivity contribution >= 4 is 57.9 Å². The maximum Gasteiger partial charge on any atom is 0.252 e. The highest BCUT2D eigenvalue weighted by molar-refractivity contribution is 7.13. The van der Waals surface area contributed by atoms with Gasteiger partial charge in [-0.25, -0.2) is 4.98 Å². The Balaban J connectivity index is 1.11. The van der Waals surface area contributed by atoms with Crippen molar-refractivity contribution in [2.24, 2.45) is 5.41 Å². The minimum Gasteiger partial charge on any atom is -0.391 e. The molecule has 1 unspecified atom stereocenters. The van der Waals surface area contributed by atoms with Crippen molar-refractivity contribution in [2.75, 3.05) is 48.3 Å². The van der Waals surface area contributed by atoms with E-state index in [4.69, 9.17) is 17.3 Å². The van der Waals surface area contributed by atoms with Crippen LogP contribution in [0.5, 0.6) is 0 Å². The molecule has 53 heavy (non-hydrogen) atoms. The number of aryl methyl sites for hydroxylation is 1. The molecule has 0 aliphatic carbocycles. The van der Waals surface area contributed by atoms with E-state index < -0.39 is 35.4 Å². The highest BCUT2D eigenvalue weighted by atomic mass is 35.5. The Morgan fingerprint density at radius 2 is 1.70 bits per heavy atom. The molecule has 2 saturated heterocycles. The number of halogens is 1. The number of carbonyl (C=O) groups is 3. The van der Waals surface area contributed by atoms with Gasteiger partial charge in [0.15, 0.2) is 11.0 Å². The molecule has 5 N–H and O–H groups in total. The average molecular weight is 760 g/mol. The Morgan fingerprint density at radius 1 is 1.00 bits per heavy atom. The smallest absolute Gasteiger partial charge is 0.252 e. The number of nitrogens with two attached hydrogens (primary N) is 1. The second-order valence-electron chi connectivity index (χ2n) is 14.7. The van der Waals surface area contributed by atoms with Gasteiger partial charge < -0.3 is 36.2 Å². The summed E-state index contributed by atoms with van der Waals surface area (Å²) in [7, 11) is 0. The summed E-state index contributed by atoms with van der Waals surface area (Å²) in [5.41, 5.74) is 12.1. The number of β-amino-alcohol motifs (C(OH)–C–C–N with tert-alkyl or cyclic N) is 1. The van der Waals surface area contributed by atoms with Crippen LogP contribution in [0.2, 0.25) is 5.15 Å². The standard InChI is InChI=1S/C38H46ClN9O4S/c1-22(24-9-11-25(12-10-24)32-23(2)41-21-53-32)42-36(51)30-18-28(49)20-48(30)37(52)33(38(3,4)5)43-35(50)26-7-6-8-27(17-26)46-13-15-47(16-14-46)29-19-31(39)44-45-34(29)40/h6-12,17,19,21-22,28,30,33,49H,13-16,18,20H2,1-5H3,(H2,40,45)(H,42,51)(H,43,50)/t22-,28+,30-,33?/m0/s1. The Labute approximate surface area is 318 Å². The first-order valence-corrected chi connectivity index (χ1v) is 18.9. The third-order valence-electron chi connectivity index (χ3n) is 9.90. The predicted molar refractivity (Wildman–Crippen MR) is 208 cm³/mol. The van der Waals surface area contributed by atoms with Gasteiger partial charge in [-0.2, -0.15) is 0 Å². The summed E-state index contributed by atoms with van der Waals surface area (Å²) in [6.45, 7) is 12.1. The SMILES string of the molecule is Cc1ncsc1-c1ccc([C@H](C)NC(=O)[C@@H]2C[C@@H](O)CN2C(=O)C(NC(=O)c2cccc(N3CCN(c4cc(Cl)nnc4N)CC3)c2)C(C)(C)C)cc1. The third-order valence-corrected chi connectivity index (χ3v) is 11.1. The number of nitrogen functional groups attached to an aromatic ring is 1. The first-order chi connectivity index (χ1) is 25.2. The van der Waals surface area contributed by atoms with E-state index in [1.807, 2.05) is 82.6 Å². The van der Waals surface area contributed by atoms with Crippen molar-refractivity contribution in [1.82, 2.24) is 30.7 Å². The van der Waals surface area contributed by atoms with Crippen LogP contribution < -0.4 is 26.2 Å². The molecule has 0 bridgehead atoms. The molecule has 2 fully saturated rings. The molecule has 4 heterocycles. The molecule has 15 heteroatoms. The topological polar surface area (TPSA) is 170 Å². The maximum absolute atomic E-state index is 14.2. The largest absolute Gasteiger partial charge is 0.391 e. The number of hydrogen-bond donors (Lipinski definition) is 4. The van der Waals surface area contributed by atoms with Crippen molar-refractivity contribution in [1.29, 1.82) is 0 Å². The van der Waals surface area contributed by atoms with Crippen LogP contribution in [0.25, 0.3) is 10.4 Å². The lowest BCUT2D eigenvalue weighted by molar-refractivity contribution is -0.142.